The number of thioether (sulfide) groups is 2. The summed E-state index contributed by atoms with van der Waals surface area (Å²) in [6, 6.07) is 23.2. The van der Waals surface area contributed by atoms with E-state index < -0.39 is 22.7 Å². The Bertz CT molecular complexity index is 2070. The van der Waals surface area contributed by atoms with E-state index in [1.807, 2.05) is 6.92 Å². The van der Waals surface area contributed by atoms with Crippen LogP contribution in [0.5, 0.6) is 0 Å². The van der Waals surface area contributed by atoms with Crippen molar-refractivity contribution in [3.63, 3.8) is 0 Å². The molecule has 0 fully saturated rings. The predicted molar refractivity (Wildman–Crippen MR) is 218 cm³/mol. The maximum Gasteiger partial charge on any atom is 0.297 e. The lowest BCUT2D eigenvalue weighted by Crippen LogP contribution is -2.41. The van der Waals surface area contributed by atoms with Crippen molar-refractivity contribution in [1.82, 2.24) is 14.8 Å². The second-order valence-electron chi connectivity index (χ2n) is 15.3. The maximum atomic E-state index is 13.1. The van der Waals surface area contributed by atoms with Crippen LogP contribution in [0.15, 0.2) is 98.7 Å². The van der Waals surface area contributed by atoms with E-state index >= 15 is 0 Å². The molecule has 1 amide bonds. The minimum absolute atomic E-state index is 0.0575. The van der Waals surface area contributed by atoms with Gasteiger partial charge in [0, 0.05) is 36.7 Å². The molecule has 2 heterocycles. The Morgan fingerprint density at radius 3 is 1.87 bits per heavy atom. The second kappa shape index (κ2) is 18.2. The average Bonchev–Trinajstić information content (AvgIpc) is 3.12. The van der Waals surface area contributed by atoms with Crippen LogP contribution in [0.25, 0.3) is 0 Å². The van der Waals surface area contributed by atoms with E-state index in [4.69, 9.17) is 4.18 Å². The van der Waals surface area contributed by atoms with Crippen molar-refractivity contribution in [2.45, 2.75) is 92.4 Å². The number of alkyl halides is 1. The van der Waals surface area contributed by atoms with Crippen LogP contribution in [-0.4, -0.2) is 54.3 Å². The van der Waals surface area contributed by atoms with Gasteiger partial charge in [0.15, 0.2) is 0 Å². The summed E-state index contributed by atoms with van der Waals surface area (Å²) in [7, 11) is -0.894. The first kappa shape index (κ1) is 43.0. The highest BCUT2D eigenvalue weighted by atomic mass is 32.2. The quantitative estimate of drug-likeness (QED) is 0.110. The number of benzene rings is 3. The molecule has 5 rings (SSSR count). The van der Waals surface area contributed by atoms with Crippen LogP contribution in [0.3, 0.4) is 0 Å². The molecule has 1 aliphatic heterocycles. The van der Waals surface area contributed by atoms with Gasteiger partial charge in [-0.1, -0.05) is 108 Å². The number of hydrogen-bond donors (Lipinski definition) is 0. The van der Waals surface area contributed by atoms with Gasteiger partial charge in [-0.15, -0.1) is 23.5 Å². The van der Waals surface area contributed by atoms with E-state index in [0.717, 1.165) is 16.9 Å². The number of rotatable bonds is 11. The van der Waals surface area contributed by atoms with E-state index in [9.17, 15) is 22.4 Å². The zero-order valence-corrected chi connectivity index (χ0v) is 34.9. The first-order valence-electron chi connectivity index (χ1n) is 17.6. The summed E-state index contributed by atoms with van der Waals surface area (Å²) in [6.07, 6.45) is 3.26. The number of nitrogens with zero attached hydrogens (tertiary/aromatic N) is 4. The molecule has 3 aromatic carbocycles. The lowest BCUT2D eigenvalue weighted by atomic mass is 9.87. The van der Waals surface area contributed by atoms with Crippen LogP contribution in [-0.2, 0) is 55.1 Å². The predicted octanol–water partition coefficient (Wildman–Crippen LogP) is 8.21. The normalized spacial score (nSPS) is 16.3. The van der Waals surface area contributed by atoms with Gasteiger partial charge in [0.1, 0.15) is 6.67 Å². The number of aromatic nitrogens is 2. The Hall–Kier alpha value is -3.78. The van der Waals surface area contributed by atoms with Crippen molar-refractivity contribution in [2.75, 3.05) is 13.7 Å². The molecule has 2 unspecified atom stereocenters. The van der Waals surface area contributed by atoms with Gasteiger partial charge in [-0.2, -0.15) is 18.6 Å². The first-order valence-corrected chi connectivity index (χ1v) is 21.1. The van der Waals surface area contributed by atoms with E-state index in [2.05, 4.69) is 100 Å². The van der Waals surface area contributed by atoms with Gasteiger partial charge in [-0.25, -0.2) is 9.69 Å². The van der Waals surface area contributed by atoms with E-state index in [0.29, 0.717) is 10.6 Å². The smallest absolute Gasteiger partial charge is 0.272 e. The van der Waals surface area contributed by atoms with Crippen LogP contribution in [0, 0.1) is 12.8 Å². The molecule has 0 saturated carbocycles. The van der Waals surface area contributed by atoms with Crippen LogP contribution in [0.2, 0.25) is 0 Å². The highest BCUT2D eigenvalue weighted by molar-refractivity contribution is 7.99. The first-order chi connectivity index (χ1) is 25.3. The molecule has 9 nitrogen and oxygen atoms in total. The Balaban J connectivity index is 0.000000258. The minimum Gasteiger partial charge on any atom is -0.272 e. The third kappa shape index (κ3) is 11.6. The molecule has 2 atom stereocenters. The minimum atomic E-state index is -3.99. The monoisotopic (exact) mass is 794 g/mol. The number of carbonyl (C=O) groups is 1. The molecule has 0 aliphatic carbocycles. The fraction of sp³-hybridized carbons (Fsp3) is 0.415. The van der Waals surface area contributed by atoms with Crippen LogP contribution in [0.1, 0.15) is 74.9 Å². The van der Waals surface area contributed by atoms with Gasteiger partial charge in [-0.3, -0.25) is 18.2 Å². The van der Waals surface area contributed by atoms with Crippen molar-refractivity contribution in [3.8, 4) is 0 Å². The maximum absolute atomic E-state index is 13.1. The van der Waals surface area contributed by atoms with Gasteiger partial charge >= 0.3 is 0 Å². The third-order valence-electron chi connectivity index (χ3n) is 8.93. The molecule has 1 aliphatic rings. The van der Waals surface area contributed by atoms with E-state index in [-0.39, 0.29) is 44.6 Å². The summed E-state index contributed by atoms with van der Waals surface area (Å²) in [5.41, 5.74) is 5.87. The largest absolute Gasteiger partial charge is 0.297 e. The highest BCUT2D eigenvalue weighted by Gasteiger charge is 2.33. The fourth-order valence-corrected chi connectivity index (χ4v) is 8.29. The van der Waals surface area contributed by atoms with Crippen molar-refractivity contribution in [2.24, 2.45) is 18.1 Å². The molecule has 0 radical (unpaired) electrons. The Kier molecular flexibility index (Phi) is 14.5. The second-order valence-corrected chi connectivity index (χ2v) is 19.1. The molecule has 13 heteroatoms. The Morgan fingerprint density at radius 2 is 1.35 bits per heavy atom. The fourth-order valence-electron chi connectivity index (χ4n) is 5.31. The summed E-state index contributed by atoms with van der Waals surface area (Å²) in [5.74, 6) is 0.498. The number of hydrazone groups is 1. The Labute approximate surface area is 327 Å². The lowest BCUT2D eigenvalue weighted by molar-refractivity contribution is -0.134. The number of carbonyl (C=O) groups excluding carboxylic acids is 1. The van der Waals surface area contributed by atoms with Crippen molar-refractivity contribution in [3.05, 3.63) is 123 Å². The summed E-state index contributed by atoms with van der Waals surface area (Å²) in [5, 5.41) is 9.13. The number of halogens is 1. The summed E-state index contributed by atoms with van der Waals surface area (Å²) in [4.78, 5) is 25.2. The molecule has 54 heavy (non-hydrogen) atoms. The highest BCUT2D eigenvalue weighted by Crippen LogP contribution is 2.30. The van der Waals surface area contributed by atoms with Crippen molar-refractivity contribution < 1.29 is 21.8 Å². The molecule has 1 aromatic heterocycles. The Morgan fingerprint density at radius 1 is 0.815 bits per heavy atom. The van der Waals surface area contributed by atoms with Gasteiger partial charge in [0.2, 0.25) is 5.91 Å². The average molecular weight is 795 g/mol. The van der Waals surface area contributed by atoms with E-state index in [1.165, 1.54) is 57.3 Å². The van der Waals surface area contributed by atoms with Gasteiger partial charge in [0.25, 0.3) is 15.7 Å². The lowest BCUT2D eigenvalue weighted by Gasteiger charge is -2.27. The number of aryl methyl sites for hydroxylation is 2. The molecule has 0 N–H and O–H groups in total. The van der Waals surface area contributed by atoms with E-state index in [1.54, 1.807) is 43.4 Å². The van der Waals surface area contributed by atoms with Gasteiger partial charge in [-0.05, 0) is 52.1 Å². The summed E-state index contributed by atoms with van der Waals surface area (Å²) in [6.45, 7) is 13.9. The van der Waals surface area contributed by atoms with Crippen LogP contribution < -0.4 is 5.56 Å². The van der Waals surface area contributed by atoms with Gasteiger partial charge < -0.3 is 0 Å². The zero-order valence-electron chi connectivity index (χ0n) is 32.5. The summed E-state index contributed by atoms with van der Waals surface area (Å²) >= 11 is 3.00. The third-order valence-corrected chi connectivity index (χ3v) is 12.7. The summed E-state index contributed by atoms with van der Waals surface area (Å²) < 4.78 is 44.7. The van der Waals surface area contributed by atoms with Crippen molar-refractivity contribution in [1.29, 1.82) is 0 Å². The molecule has 0 bridgehead atoms. The number of hydrogen-bond acceptors (Lipinski definition) is 9. The molecule has 0 saturated heterocycles. The van der Waals surface area contributed by atoms with Crippen LogP contribution >= 0.6 is 23.5 Å². The number of amides is 1. The van der Waals surface area contributed by atoms with Gasteiger partial charge in [0.05, 0.1) is 34.4 Å². The van der Waals surface area contributed by atoms with Crippen molar-refractivity contribution >= 4 is 45.8 Å². The molecule has 4 aromatic rings. The SMILES string of the molecule is CN1N=CC(SCc2ccc(C(C)(C)C)cc2)C(CF)C1=O.Cc1ccc(S(=O)(=O)OCc2c(SCc3ccc(C(C)(C)C)cc3)cnn(C)c2=O)cc1. The molecular formula is C41H51FN4O5S3. The molecule has 0 spiro atoms. The molecule has 290 valence electrons. The topological polar surface area (TPSA) is 111 Å². The van der Waals surface area contributed by atoms with Crippen LogP contribution in [0.4, 0.5) is 4.39 Å². The standard InChI is InChI=1S/C24H28N2O4S2.C17H23FN2OS/c1-17-6-12-20(13-7-17)32(28,29)30-15-21-22(14-25-26(5)23(21)27)31-16-18-8-10-19(11-9-18)24(2,3)4;1-17(2,3)13-7-5-12(6-8-13)11-22-15-10-19-20(4)16(21)14(15)9-18/h6-14H,15-16H2,1-5H3;5-8,10,14-15H,9,11H2,1-4H3. The molecular weight excluding hydrogens is 744 g/mol. The zero-order chi connectivity index (χ0) is 39.8.